The predicted molar refractivity (Wildman–Crippen MR) is 135 cm³/mol. The molecule has 168 valence electrons. The van der Waals surface area contributed by atoms with E-state index in [1.54, 1.807) is 29.2 Å². The lowest BCUT2D eigenvalue weighted by Crippen LogP contribution is -2.37. The number of nitrogens with zero attached hydrogens (tertiary/aromatic N) is 1. The van der Waals surface area contributed by atoms with Crippen LogP contribution >= 0.6 is 11.6 Å². The van der Waals surface area contributed by atoms with Crippen LogP contribution in [-0.4, -0.2) is 22.5 Å². The molecule has 3 aromatic carbocycles. The van der Waals surface area contributed by atoms with Crippen molar-refractivity contribution in [3.63, 3.8) is 0 Å². The molecule has 4 aromatic rings. The number of hydrogen-bond acceptors (Lipinski definition) is 2. The zero-order valence-corrected chi connectivity index (χ0v) is 19.2. The predicted octanol–water partition coefficient (Wildman–Crippen LogP) is 6.02. The molecule has 33 heavy (non-hydrogen) atoms. The third kappa shape index (κ3) is 5.82. The van der Waals surface area contributed by atoms with E-state index in [-0.39, 0.29) is 18.1 Å². The molecule has 0 aliphatic carbocycles. The van der Waals surface area contributed by atoms with Crippen LogP contribution in [0.15, 0.2) is 83.7 Å². The van der Waals surface area contributed by atoms with Gasteiger partial charge in [-0.1, -0.05) is 61.0 Å². The van der Waals surface area contributed by atoms with Crippen molar-refractivity contribution in [2.24, 2.45) is 0 Å². The first-order valence-electron chi connectivity index (χ1n) is 11.0. The Morgan fingerprint density at radius 2 is 1.79 bits per heavy atom. The number of benzene rings is 3. The van der Waals surface area contributed by atoms with Crippen molar-refractivity contribution in [2.75, 3.05) is 11.9 Å². The van der Waals surface area contributed by atoms with E-state index in [0.29, 0.717) is 29.2 Å². The molecule has 0 aliphatic rings. The molecule has 0 saturated carbocycles. The lowest BCUT2D eigenvalue weighted by Gasteiger charge is -2.23. The maximum atomic E-state index is 13.2. The molecule has 0 unspecified atom stereocenters. The van der Waals surface area contributed by atoms with Gasteiger partial charge >= 0.3 is 6.03 Å². The van der Waals surface area contributed by atoms with Gasteiger partial charge < -0.3 is 15.2 Å². The lowest BCUT2D eigenvalue weighted by molar-refractivity contribution is 0.209. The van der Waals surface area contributed by atoms with Crippen LogP contribution in [0.3, 0.4) is 0 Å². The van der Waals surface area contributed by atoms with E-state index in [9.17, 15) is 9.59 Å². The second-order valence-corrected chi connectivity index (χ2v) is 8.43. The van der Waals surface area contributed by atoms with E-state index in [1.165, 1.54) is 5.56 Å². The summed E-state index contributed by atoms with van der Waals surface area (Å²) in [5.74, 6) is 0. The molecule has 5 nitrogen and oxygen atoms in total. The summed E-state index contributed by atoms with van der Waals surface area (Å²) in [5.41, 5.74) is 4.08. The number of aromatic amines is 1. The number of nitrogens with one attached hydrogen (secondary N) is 2. The molecule has 2 amide bonds. The number of carbonyl (C=O) groups is 1. The van der Waals surface area contributed by atoms with Gasteiger partial charge in [-0.25, -0.2) is 4.79 Å². The highest BCUT2D eigenvalue weighted by Gasteiger charge is 2.17. The first kappa shape index (κ1) is 22.6. The maximum absolute atomic E-state index is 13.2. The zero-order valence-electron chi connectivity index (χ0n) is 18.5. The SMILES string of the molecule is CCc1ccc2[nH]c(=O)c(CN(CCc3ccccc3)C(=O)Nc3cccc(Cl)c3)cc2c1. The Kier molecular flexibility index (Phi) is 7.10. The minimum atomic E-state index is -0.282. The molecule has 1 aromatic heterocycles. The largest absolute Gasteiger partial charge is 0.322 e. The van der Waals surface area contributed by atoms with Gasteiger partial charge in [0.05, 0.1) is 6.54 Å². The third-order valence-corrected chi connectivity index (χ3v) is 5.87. The Hall–Kier alpha value is -3.57. The minimum absolute atomic E-state index is 0.188. The number of rotatable bonds is 7. The summed E-state index contributed by atoms with van der Waals surface area (Å²) in [5, 5.41) is 4.41. The first-order chi connectivity index (χ1) is 16.0. The number of H-pyrrole nitrogens is 1. The van der Waals surface area contributed by atoms with Gasteiger partial charge in [0.2, 0.25) is 0 Å². The number of halogens is 1. The molecule has 2 N–H and O–H groups in total. The quantitative estimate of drug-likeness (QED) is 0.355. The van der Waals surface area contributed by atoms with Crippen molar-refractivity contribution >= 4 is 34.2 Å². The second-order valence-electron chi connectivity index (χ2n) is 8.00. The summed E-state index contributed by atoms with van der Waals surface area (Å²) >= 11 is 6.07. The molecule has 0 fully saturated rings. The summed E-state index contributed by atoms with van der Waals surface area (Å²) in [4.78, 5) is 30.6. The summed E-state index contributed by atoms with van der Waals surface area (Å²) < 4.78 is 0. The Balaban J connectivity index is 1.61. The van der Waals surface area contributed by atoms with Crippen LogP contribution in [0, 0.1) is 0 Å². The number of carbonyl (C=O) groups excluding carboxylic acids is 1. The van der Waals surface area contributed by atoms with Crippen LogP contribution in [0.25, 0.3) is 10.9 Å². The molecular formula is C27H26ClN3O2. The fourth-order valence-corrected chi connectivity index (χ4v) is 3.96. The molecule has 0 atom stereocenters. The molecule has 0 spiro atoms. The molecule has 0 saturated heterocycles. The van der Waals surface area contributed by atoms with Gasteiger partial charge in [-0.3, -0.25) is 4.79 Å². The van der Waals surface area contributed by atoms with E-state index in [1.807, 2.05) is 48.5 Å². The van der Waals surface area contributed by atoms with Crippen molar-refractivity contribution in [1.29, 1.82) is 0 Å². The van der Waals surface area contributed by atoms with Crippen LogP contribution in [0.2, 0.25) is 5.02 Å². The number of anilines is 1. The smallest absolute Gasteiger partial charge is 0.322 e. The monoisotopic (exact) mass is 459 g/mol. The van der Waals surface area contributed by atoms with Crippen LogP contribution in [0.4, 0.5) is 10.5 Å². The standard InChI is InChI=1S/C27H26ClN3O2/c1-2-19-11-12-25-21(15-19)16-22(26(32)30-25)18-31(14-13-20-7-4-3-5-8-20)27(33)29-24-10-6-9-23(28)17-24/h3-12,15-17H,2,13-14,18H2,1H3,(H,29,33)(H,30,32). The second kappa shape index (κ2) is 10.4. The van der Waals surface area contributed by atoms with E-state index < -0.39 is 0 Å². The van der Waals surface area contributed by atoms with Crippen molar-refractivity contribution in [1.82, 2.24) is 9.88 Å². The van der Waals surface area contributed by atoms with Gasteiger partial charge in [-0.2, -0.15) is 0 Å². The Morgan fingerprint density at radius 1 is 0.970 bits per heavy atom. The van der Waals surface area contributed by atoms with Gasteiger partial charge in [0.1, 0.15) is 0 Å². The molecule has 1 heterocycles. The van der Waals surface area contributed by atoms with Gasteiger partial charge in [0.15, 0.2) is 0 Å². The first-order valence-corrected chi connectivity index (χ1v) is 11.4. The highest BCUT2D eigenvalue weighted by molar-refractivity contribution is 6.30. The number of amides is 2. The van der Waals surface area contributed by atoms with Crippen LogP contribution in [0.1, 0.15) is 23.6 Å². The van der Waals surface area contributed by atoms with Crippen LogP contribution in [-0.2, 0) is 19.4 Å². The van der Waals surface area contributed by atoms with Crippen molar-refractivity contribution in [2.45, 2.75) is 26.3 Å². The Bertz CT molecular complexity index is 1320. The molecule has 0 radical (unpaired) electrons. The Morgan fingerprint density at radius 3 is 2.55 bits per heavy atom. The van der Waals surface area contributed by atoms with E-state index >= 15 is 0 Å². The highest BCUT2D eigenvalue weighted by atomic mass is 35.5. The summed E-state index contributed by atoms with van der Waals surface area (Å²) in [6.45, 7) is 2.75. The van der Waals surface area contributed by atoms with Gasteiger partial charge in [-0.15, -0.1) is 0 Å². The van der Waals surface area contributed by atoms with Crippen LogP contribution < -0.4 is 10.9 Å². The molecule has 6 heteroatoms. The number of fused-ring (bicyclic) bond motifs is 1. The average molecular weight is 460 g/mol. The summed E-state index contributed by atoms with van der Waals surface area (Å²) in [6.07, 6.45) is 1.59. The highest BCUT2D eigenvalue weighted by Crippen LogP contribution is 2.18. The summed E-state index contributed by atoms with van der Waals surface area (Å²) in [7, 11) is 0. The van der Waals surface area contributed by atoms with E-state index in [0.717, 1.165) is 22.9 Å². The Labute approximate surface area is 198 Å². The average Bonchev–Trinajstić information content (AvgIpc) is 2.82. The maximum Gasteiger partial charge on any atom is 0.322 e. The van der Waals surface area contributed by atoms with E-state index in [2.05, 4.69) is 23.3 Å². The number of pyridine rings is 1. The lowest BCUT2D eigenvalue weighted by atomic mass is 10.1. The molecule has 4 rings (SSSR count). The minimum Gasteiger partial charge on any atom is -0.322 e. The van der Waals surface area contributed by atoms with E-state index in [4.69, 9.17) is 11.6 Å². The van der Waals surface area contributed by atoms with Gasteiger partial charge in [-0.05, 0) is 65.8 Å². The molecule has 0 bridgehead atoms. The molecular weight excluding hydrogens is 434 g/mol. The van der Waals surface area contributed by atoms with Gasteiger partial charge in [0.25, 0.3) is 5.56 Å². The number of hydrogen-bond donors (Lipinski definition) is 2. The number of aromatic nitrogens is 1. The number of aryl methyl sites for hydroxylation is 1. The van der Waals surface area contributed by atoms with Crippen molar-refractivity contribution < 1.29 is 4.79 Å². The fraction of sp³-hybridized carbons (Fsp3) is 0.185. The van der Waals surface area contributed by atoms with Crippen molar-refractivity contribution in [3.05, 3.63) is 111 Å². The number of urea groups is 1. The van der Waals surface area contributed by atoms with Crippen LogP contribution in [0.5, 0.6) is 0 Å². The normalized spacial score (nSPS) is 10.8. The molecule has 0 aliphatic heterocycles. The van der Waals surface area contributed by atoms with Gasteiger partial charge in [0, 0.05) is 28.3 Å². The third-order valence-electron chi connectivity index (χ3n) is 5.63. The topological polar surface area (TPSA) is 65.2 Å². The summed E-state index contributed by atoms with van der Waals surface area (Å²) in [6, 6.07) is 24.6. The van der Waals surface area contributed by atoms with Crippen molar-refractivity contribution in [3.8, 4) is 0 Å². The fourth-order valence-electron chi connectivity index (χ4n) is 3.77. The zero-order chi connectivity index (χ0) is 23.2.